The Kier molecular flexibility index (Phi) is 35.6. The summed E-state index contributed by atoms with van der Waals surface area (Å²) in [5.41, 5.74) is 5.35. The van der Waals surface area contributed by atoms with Gasteiger partial charge in [0.1, 0.15) is 0 Å². The third-order valence-electron chi connectivity index (χ3n) is 8.74. The zero-order valence-electron chi connectivity index (χ0n) is 31.7. The zero-order chi connectivity index (χ0) is 36.1. The molecule has 0 radical (unpaired) electrons. The van der Waals surface area contributed by atoms with Gasteiger partial charge < -0.3 is 21.1 Å². The molecular formula is C40H77N2O6P. The number of hydrogen-bond donors (Lipinski definition) is 4. The average Bonchev–Trinajstić information content (AvgIpc) is 3.09. The molecule has 0 bridgehead atoms. The predicted octanol–water partition coefficient (Wildman–Crippen LogP) is 10.8. The van der Waals surface area contributed by atoms with Crippen LogP contribution in [0, 0.1) is 0 Å². The van der Waals surface area contributed by atoms with E-state index in [9.17, 15) is 19.4 Å². The third-order valence-corrected chi connectivity index (χ3v) is 9.73. The fraction of sp³-hybridized carbons (Fsp3) is 0.825. The molecule has 0 saturated carbocycles. The summed E-state index contributed by atoms with van der Waals surface area (Å²) in [5, 5.41) is 13.5. The summed E-state index contributed by atoms with van der Waals surface area (Å²) < 4.78 is 22.0. The standard InChI is InChI=1S/C40H77N2O6P/c1-3-5-7-9-11-13-15-16-17-18-19-20-21-22-24-26-28-30-32-34-40(44)42-38(37-48-49(45,46)47-36-35-41)39(43)33-31-29-27-25-23-14-12-10-8-6-4-2/h16-17,27,29,31,33,38-39,43H,3-15,18-26,28,30,32,34-37,41H2,1-2H3,(H,42,44)(H,45,46)/b17-16-,29-27+,33-31+/t38-,39+/m0/s1. The Morgan fingerprint density at radius 2 is 1.12 bits per heavy atom. The van der Waals surface area contributed by atoms with Gasteiger partial charge in [-0.15, -0.1) is 0 Å². The van der Waals surface area contributed by atoms with Crippen LogP contribution in [-0.2, 0) is 18.4 Å². The Bertz CT molecular complexity index is 866. The van der Waals surface area contributed by atoms with Crippen molar-refractivity contribution in [1.82, 2.24) is 5.32 Å². The van der Waals surface area contributed by atoms with Crippen molar-refractivity contribution < 1.29 is 28.4 Å². The molecule has 0 heterocycles. The quantitative estimate of drug-likeness (QED) is 0.0218. The van der Waals surface area contributed by atoms with Crippen molar-refractivity contribution in [3.63, 3.8) is 0 Å². The number of nitrogens with one attached hydrogen (secondary N) is 1. The second kappa shape index (κ2) is 36.5. The second-order valence-corrected chi connectivity index (χ2v) is 15.0. The minimum absolute atomic E-state index is 0.0713. The van der Waals surface area contributed by atoms with E-state index in [1.165, 1.54) is 128 Å². The summed E-state index contributed by atoms with van der Waals surface area (Å²) >= 11 is 0. The van der Waals surface area contributed by atoms with Crippen LogP contribution in [0.4, 0.5) is 0 Å². The van der Waals surface area contributed by atoms with E-state index in [4.69, 9.17) is 14.8 Å². The number of aliphatic hydroxyl groups is 1. The third kappa shape index (κ3) is 34.9. The van der Waals surface area contributed by atoms with Crippen molar-refractivity contribution >= 4 is 13.7 Å². The van der Waals surface area contributed by atoms with Gasteiger partial charge in [0, 0.05) is 13.0 Å². The minimum Gasteiger partial charge on any atom is -0.387 e. The smallest absolute Gasteiger partial charge is 0.387 e. The molecular weight excluding hydrogens is 635 g/mol. The van der Waals surface area contributed by atoms with Gasteiger partial charge in [-0.2, -0.15) is 0 Å². The van der Waals surface area contributed by atoms with E-state index in [-0.39, 0.29) is 25.7 Å². The molecule has 49 heavy (non-hydrogen) atoms. The fourth-order valence-corrected chi connectivity index (χ4v) is 6.41. The summed E-state index contributed by atoms with van der Waals surface area (Å²) in [6.45, 7) is 4.06. The van der Waals surface area contributed by atoms with Crippen molar-refractivity contribution in [3.8, 4) is 0 Å². The number of phosphoric acid groups is 1. The first-order chi connectivity index (χ1) is 23.9. The summed E-state index contributed by atoms with van der Waals surface area (Å²) in [4.78, 5) is 22.6. The molecule has 8 nitrogen and oxygen atoms in total. The van der Waals surface area contributed by atoms with E-state index in [1.807, 2.05) is 6.08 Å². The topological polar surface area (TPSA) is 131 Å². The van der Waals surface area contributed by atoms with Crippen LogP contribution in [0.15, 0.2) is 36.5 Å². The zero-order valence-corrected chi connectivity index (χ0v) is 32.6. The van der Waals surface area contributed by atoms with Crippen LogP contribution in [0.2, 0.25) is 0 Å². The number of rotatable bonds is 37. The number of carbonyl (C=O) groups excluding carboxylic acids is 1. The average molecular weight is 713 g/mol. The molecule has 0 spiro atoms. The van der Waals surface area contributed by atoms with E-state index in [2.05, 4.69) is 37.4 Å². The van der Waals surface area contributed by atoms with E-state index < -0.39 is 20.0 Å². The number of unbranched alkanes of at least 4 members (excludes halogenated alkanes) is 22. The first kappa shape index (κ1) is 47.7. The van der Waals surface area contributed by atoms with E-state index >= 15 is 0 Å². The maximum Gasteiger partial charge on any atom is 0.472 e. The van der Waals surface area contributed by atoms with Crippen molar-refractivity contribution in [3.05, 3.63) is 36.5 Å². The molecule has 0 aliphatic carbocycles. The van der Waals surface area contributed by atoms with Gasteiger partial charge >= 0.3 is 7.82 Å². The number of hydrogen-bond acceptors (Lipinski definition) is 6. The van der Waals surface area contributed by atoms with Crippen molar-refractivity contribution in [2.75, 3.05) is 19.8 Å². The molecule has 0 aliphatic rings. The largest absolute Gasteiger partial charge is 0.472 e. The molecule has 0 aliphatic heterocycles. The Morgan fingerprint density at radius 1 is 0.673 bits per heavy atom. The Hall–Kier alpha value is -1.28. The van der Waals surface area contributed by atoms with Gasteiger partial charge in [-0.05, 0) is 44.9 Å². The van der Waals surface area contributed by atoms with Gasteiger partial charge in [-0.1, -0.05) is 166 Å². The molecule has 0 saturated heterocycles. The lowest BCUT2D eigenvalue weighted by atomic mass is 10.0. The Morgan fingerprint density at radius 3 is 1.61 bits per heavy atom. The van der Waals surface area contributed by atoms with Crippen LogP contribution < -0.4 is 11.1 Å². The molecule has 9 heteroatoms. The molecule has 0 rings (SSSR count). The van der Waals surface area contributed by atoms with Crippen LogP contribution in [0.1, 0.15) is 181 Å². The van der Waals surface area contributed by atoms with Crippen molar-refractivity contribution in [1.29, 1.82) is 0 Å². The molecule has 0 aromatic heterocycles. The van der Waals surface area contributed by atoms with Crippen LogP contribution >= 0.6 is 7.82 Å². The highest BCUT2D eigenvalue weighted by molar-refractivity contribution is 7.47. The molecule has 5 N–H and O–H groups in total. The number of nitrogens with two attached hydrogens (primary N) is 1. The maximum atomic E-state index is 12.7. The van der Waals surface area contributed by atoms with Gasteiger partial charge in [0.05, 0.1) is 25.4 Å². The highest BCUT2D eigenvalue weighted by Crippen LogP contribution is 2.43. The summed E-state index contributed by atoms with van der Waals surface area (Å²) in [6.07, 6.45) is 42.0. The summed E-state index contributed by atoms with van der Waals surface area (Å²) in [7, 11) is -4.34. The molecule has 0 aromatic carbocycles. The number of phosphoric ester groups is 1. The van der Waals surface area contributed by atoms with E-state index in [0.717, 1.165) is 32.1 Å². The molecule has 3 atom stereocenters. The van der Waals surface area contributed by atoms with Gasteiger partial charge in [0.2, 0.25) is 5.91 Å². The number of aliphatic hydroxyl groups excluding tert-OH is 1. The number of allylic oxidation sites excluding steroid dienone is 5. The lowest BCUT2D eigenvalue weighted by molar-refractivity contribution is -0.123. The predicted molar refractivity (Wildman–Crippen MR) is 208 cm³/mol. The second-order valence-electron chi connectivity index (χ2n) is 13.5. The van der Waals surface area contributed by atoms with E-state index in [1.54, 1.807) is 12.2 Å². The van der Waals surface area contributed by atoms with Crippen LogP contribution in [0.3, 0.4) is 0 Å². The monoisotopic (exact) mass is 713 g/mol. The van der Waals surface area contributed by atoms with Crippen molar-refractivity contribution in [2.45, 2.75) is 193 Å². The van der Waals surface area contributed by atoms with Crippen LogP contribution in [-0.4, -0.2) is 47.8 Å². The van der Waals surface area contributed by atoms with Gasteiger partial charge in [0.25, 0.3) is 0 Å². The molecule has 1 unspecified atom stereocenters. The minimum atomic E-state index is -4.34. The lowest BCUT2D eigenvalue weighted by Gasteiger charge is -2.23. The summed E-state index contributed by atoms with van der Waals surface area (Å²) in [6, 6.07) is -0.891. The number of amides is 1. The first-order valence-electron chi connectivity index (χ1n) is 20.1. The highest BCUT2D eigenvalue weighted by atomic mass is 31.2. The van der Waals surface area contributed by atoms with Gasteiger partial charge in [0.15, 0.2) is 0 Å². The SMILES string of the molecule is CCCCCCCC/C=C\CCCCCCCCCCCC(=O)N[C@@H](COP(=O)(O)OCCN)[C@H](O)/C=C/C=C/CCCCCCCCC. The molecule has 0 fully saturated rings. The van der Waals surface area contributed by atoms with E-state index in [0.29, 0.717) is 6.42 Å². The fourth-order valence-electron chi connectivity index (χ4n) is 5.65. The van der Waals surface area contributed by atoms with Crippen molar-refractivity contribution in [2.24, 2.45) is 5.73 Å². The molecule has 0 aromatic rings. The first-order valence-corrected chi connectivity index (χ1v) is 21.6. The normalized spacial score (nSPS) is 14.6. The number of carbonyl (C=O) groups is 1. The highest BCUT2D eigenvalue weighted by Gasteiger charge is 2.26. The van der Waals surface area contributed by atoms with Crippen LogP contribution in [0.25, 0.3) is 0 Å². The summed E-state index contributed by atoms with van der Waals surface area (Å²) in [5.74, 6) is -0.216. The van der Waals surface area contributed by atoms with Crippen LogP contribution in [0.5, 0.6) is 0 Å². The lowest BCUT2D eigenvalue weighted by Crippen LogP contribution is -2.45. The van der Waals surface area contributed by atoms with Gasteiger partial charge in [-0.3, -0.25) is 13.8 Å². The molecule has 288 valence electrons. The maximum absolute atomic E-state index is 12.7. The Balaban J connectivity index is 4.24. The van der Waals surface area contributed by atoms with Gasteiger partial charge in [-0.25, -0.2) is 4.57 Å². The molecule has 1 amide bonds. The Labute approximate surface area is 301 Å².